The molecule has 0 radical (unpaired) electrons. The highest BCUT2D eigenvalue weighted by atomic mass is 19.4. The number of nitrogens with zero attached hydrogens (tertiary/aromatic N) is 1. The van der Waals surface area contributed by atoms with Gasteiger partial charge in [0.15, 0.2) is 0 Å². The van der Waals surface area contributed by atoms with Gasteiger partial charge < -0.3 is 5.43 Å². The van der Waals surface area contributed by atoms with Gasteiger partial charge in [-0.1, -0.05) is 0 Å². The van der Waals surface area contributed by atoms with E-state index in [1.54, 1.807) is 6.92 Å². The third kappa shape index (κ3) is 1.72. The van der Waals surface area contributed by atoms with Crippen LogP contribution in [0, 0.1) is 0 Å². The minimum atomic E-state index is -4.29. The maximum absolute atomic E-state index is 12.1. The molecule has 0 amide bonds. The molecule has 0 unspecified atom stereocenters. The average Bonchev–Trinajstić information content (AvgIpc) is 1.83. The second-order valence-corrected chi connectivity index (χ2v) is 2.57. The molecule has 12 heavy (non-hydrogen) atoms. The van der Waals surface area contributed by atoms with Gasteiger partial charge in [-0.3, -0.25) is 5.01 Å². The van der Waals surface area contributed by atoms with Gasteiger partial charge in [0.1, 0.15) is 5.70 Å². The zero-order valence-electron chi connectivity index (χ0n) is 6.74. The van der Waals surface area contributed by atoms with Crippen molar-refractivity contribution in [2.45, 2.75) is 13.1 Å². The SMILES string of the molecule is CC1=CC=C(C(F)(F)F)N(C)N1. The lowest BCUT2D eigenvalue weighted by Gasteiger charge is -2.28. The Bertz CT molecular complexity index is 240. The van der Waals surface area contributed by atoms with E-state index in [9.17, 15) is 13.2 Å². The van der Waals surface area contributed by atoms with Gasteiger partial charge in [-0.05, 0) is 19.1 Å². The molecule has 0 atom stereocenters. The summed E-state index contributed by atoms with van der Waals surface area (Å²) < 4.78 is 36.4. The summed E-state index contributed by atoms with van der Waals surface area (Å²) in [4.78, 5) is 0. The van der Waals surface area contributed by atoms with Crippen molar-refractivity contribution in [3.05, 3.63) is 23.5 Å². The molecule has 1 N–H and O–H groups in total. The van der Waals surface area contributed by atoms with E-state index in [0.29, 0.717) is 5.70 Å². The molecular weight excluding hydrogens is 169 g/mol. The Balaban J connectivity index is 2.91. The van der Waals surface area contributed by atoms with Crippen LogP contribution in [-0.2, 0) is 0 Å². The Hall–Kier alpha value is -1.13. The van der Waals surface area contributed by atoms with Crippen LogP contribution in [0.1, 0.15) is 6.92 Å². The van der Waals surface area contributed by atoms with Crippen molar-refractivity contribution >= 4 is 0 Å². The lowest BCUT2D eigenvalue weighted by atomic mass is 10.3. The van der Waals surface area contributed by atoms with E-state index in [4.69, 9.17) is 0 Å². The first-order valence-electron chi connectivity index (χ1n) is 3.37. The Morgan fingerprint density at radius 3 is 2.33 bits per heavy atom. The van der Waals surface area contributed by atoms with Gasteiger partial charge >= 0.3 is 6.18 Å². The molecule has 1 aliphatic rings. The van der Waals surface area contributed by atoms with Gasteiger partial charge in [-0.2, -0.15) is 13.2 Å². The summed E-state index contributed by atoms with van der Waals surface area (Å²) in [6.07, 6.45) is -1.85. The molecule has 0 bridgehead atoms. The van der Waals surface area contributed by atoms with Crippen molar-refractivity contribution in [1.82, 2.24) is 10.4 Å². The van der Waals surface area contributed by atoms with Crippen molar-refractivity contribution < 1.29 is 13.2 Å². The summed E-state index contributed by atoms with van der Waals surface area (Å²) in [6, 6.07) is 0. The highest BCUT2D eigenvalue weighted by Crippen LogP contribution is 2.28. The van der Waals surface area contributed by atoms with Crippen LogP contribution in [0.3, 0.4) is 0 Å². The van der Waals surface area contributed by atoms with Crippen LogP contribution in [0.4, 0.5) is 13.2 Å². The van der Waals surface area contributed by atoms with Crippen LogP contribution < -0.4 is 5.43 Å². The minimum Gasteiger partial charge on any atom is -0.303 e. The predicted molar refractivity (Wildman–Crippen MR) is 38.8 cm³/mol. The summed E-state index contributed by atoms with van der Waals surface area (Å²) in [7, 11) is 1.33. The van der Waals surface area contributed by atoms with Crippen molar-refractivity contribution in [1.29, 1.82) is 0 Å². The second kappa shape index (κ2) is 2.73. The highest BCUT2D eigenvalue weighted by Gasteiger charge is 2.37. The summed E-state index contributed by atoms with van der Waals surface area (Å²) in [5.74, 6) is 0. The lowest BCUT2D eigenvalue weighted by Crippen LogP contribution is -2.39. The monoisotopic (exact) mass is 178 g/mol. The number of rotatable bonds is 0. The van der Waals surface area contributed by atoms with E-state index in [0.717, 1.165) is 11.1 Å². The molecule has 0 aromatic carbocycles. The molecule has 68 valence electrons. The van der Waals surface area contributed by atoms with Gasteiger partial charge in [0.05, 0.1) is 0 Å². The maximum atomic E-state index is 12.1. The van der Waals surface area contributed by atoms with E-state index in [2.05, 4.69) is 5.43 Å². The van der Waals surface area contributed by atoms with Crippen LogP contribution in [0.15, 0.2) is 23.5 Å². The molecule has 0 aliphatic carbocycles. The Kier molecular flexibility index (Phi) is 2.04. The van der Waals surface area contributed by atoms with Gasteiger partial charge in [0.25, 0.3) is 0 Å². The highest BCUT2D eigenvalue weighted by molar-refractivity contribution is 5.22. The van der Waals surface area contributed by atoms with E-state index in [-0.39, 0.29) is 0 Å². The van der Waals surface area contributed by atoms with Crippen molar-refractivity contribution in [2.24, 2.45) is 0 Å². The molecule has 1 aliphatic heterocycles. The standard InChI is InChI=1S/C7H9F3N2/c1-5-3-4-6(7(8,9)10)12(2)11-5/h3-4,11H,1-2H3. The van der Waals surface area contributed by atoms with Crippen LogP contribution in [0.25, 0.3) is 0 Å². The van der Waals surface area contributed by atoms with E-state index in [1.807, 2.05) is 0 Å². The summed E-state index contributed by atoms with van der Waals surface area (Å²) in [5, 5.41) is 0.954. The maximum Gasteiger partial charge on any atom is 0.432 e. The number of allylic oxidation sites excluding steroid dienone is 4. The normalized spacial score (nSPS) is 18.2. The summed E-state index contributed by atoms with van der Waals surface area (Å²) in [5.41, 5.74) is 2.54. The van der Waals surface area contributed by atoms with E-state index in [1.165, 1.54) is 13.1 Å². The first kappa shape index (κ1) is 8.96. The topological polar surface area (TPSA) is 15.3 Å². The number of alkyl halides is 3. The fourth-order valence-electron chi connectivity index (χ4n) is 0.962. The second-order valence-electron chi connectivity index (χ2n) is 2.57. The minimum absolute atomic E-state index is 0.686. The average molecular weight is 178 g/mol. The summed E-state index contributed by atoms with van der Waals surface area (Å²) in [6.45, 7) is 1.69. The van der Waals surface area contributed by atoms with Crippen LogP contribution in [0.5, 0.6) is 0 Å². The molecular formula is C7H9F3N2. The zero-order valence-corrected chi connectivity index (χ0v) is 6.74. The predicted octanol–water partition coefficient (Wildman–Crippen LogP) is 1.79. The molecule has 1 heterocycles. The molecule has 0 aromatic rings. The molecule has 5 heteroatoms. The van der Waals surface area contributed by atoms with E-state index < -0.39 is 11.9 Å². The van der Waals surface area contributed by atoms with Crippen molar-refractivity contribution in [2.75, 3.05) is 7.05 Å². The van der Waals surface area contributed by atoms with Crippen molar-refractivity contribution in [3.8, 4) is 0 Å². The molecule has 0 saturated carbocycles. The molecule has 2 nitrogen and oxygen atoms in total. The quantitative estimate of drug-likeness (QED) is 0.608. The Morgan fingerprint density at radius 2 is 1.92 bits per heavy atom. The number of hydrogen-bond acceptors (Lipinski definition) is 2. The Morgan fingerprint density at radius 1 is 1.33 bits per heavy atom. The van der Waals surface area contributed by atoms with Crippen molar-refractivity contribution in [3.63, 3.8) is 0 Å². The molecule has 0 spiro atoms. The first-order valence-corrected chi connectivity index (χ1v) is 3.37. The molecule has 1 rings (SSSR count). The third-order valence-electron chi connectivity index (χ3n) is 1.49. The van der Waals surface area contributed by atoms with Gasteiger partial charge in [-0.25, -0.2) is 0 Å². The molecule has 0 fully saturated rings. The fraction of sp³-hybridized carbons (Fsp3) is 0.429. The number of halogens is 3. The van der Waals surface area contributed by atoms with Crippen LogP contribution in [-0.4, -0.2) is 18.2 Å². The number of hydrazine groups is 1. The number of hydrogen-bond donors (Lipinski definition) is 1. The third-order valence-corrected chi connectivity index (χ3v) is 1.49. The Labute approximate surface area is 68.3 Å². The number of nitrogens with one attached hydrogen (secondary N) is 1. The summed E-state index contributed by atoms with van der Waals surface area (Å²) >= 11 is 0. The van der Waals surface area contributed by atoms with Crippen LogP contribution >= 0.6 is 0 Å². The first-order chi connectivity index (χ1) is 5.41. The van der Waals surface area contributed by atoms with Gasteiger partial charge in [0.2, 0.25) is 0 Å². The lowest BCUT2D eigenvalue weighted by molar-refractivity contribution is -0.113. The largest absolute Gasteiger partial charge is 0.432 e. The van der Waals surface area contributed by atoms with Crippen LogP contribution in [0.2, 0.25) is 0 Å². The zero-order chi connectivity index (χ0) is 9.35. The van der Waals surface area contributed by atoms with Gasteiger partial charge in [0, 0.05) is 12.7 Å². The van der Waals surface area contributed by atoms with Gasteiger partial charge in [-0.15, -0.1) is 0 Å². The fourth-order valence-corrected chi connectivity index (χ4v) is 0.962. The smallest absolute Gasteiger partial charge is 0.303 e. The molecule has 0 saturated heterocycles. The van der Waals surface area contributed by atoms with E-state index >= 15 is 0 Å². The molecule has 0 aromatic heterocycles.